The van der Waals surface area contributed by atoms with Crippen LogP contribution in [0.4, 0.5) is 5.82 Å². The van der Waals surface area contributed by atoms with Gasteiger partial charge in [-0.05, 0) is 17.7 Å². The molecule has 0 aliphatic heterocycles. The van der Waals surface area contributed by atoms with Crippen LogP contribution in [0.3, 0.4) is 0 Å². The van der Waals surface area contributed by atoms with Gasteiger partial charge in [0.05, 0.1) is 11.6 Å². The molecule has 1 aromatic carbocycles. The first kappa shape index (κ1) is 14.1. The number of benzene rings is 1. The van der Waals surface area contributed by atoms with E-state index < -0.39 is 0 Å². The molecule has 2 aromatic rings. The van der Waals surface area contributed by atoms with Gasteiger partial charge in [0.25, 0.3) is 0 Å². The lowest BCUT2D eigenvalue weighted by atomic mass is 10.2. The maximum absolute atomic E-state index is 9.21. The Bertz CT molecular complexity index is 575. The standard InChI is InChI=1S/C14H14Cl2N2O/c1-18(8-10-4-2-3-5-12(10)15)14-6-11(9-19)13(16)7-17-14/h2-7,19H,8-9H2,1H3. The highest BCUT2D eigenvalue weighted by Crippen LogP contribution is 2.22. The molecule has 1 aromatic heterocycles. The number of pyridine rings is 1. The Balaban J connectivity index is 2.20. The Morgan fingerprint density at radius 2 is 1.89 bits per heavy atom. The molecule has 0 fully saturated rings. The molecule has 19 heavy (non-hydrogen) atoms. The summed E-state index contributed by atoms with van der Waals surface area (Å²) in [6.07, 6.45) is 1.55. The van der Waals surface area contributed by atoms with E-state index >= 15 is 0 Å². The minimum atomic E-state index is -0.103. The van der Waals surface area contributed by atoms with E-state index in [0.717, 1.165) is 16.4 Å². The van der Waals surface area contributed by atoms with Gasteiger partial charge in [-0.3, -0.25) is 0 Å². The van der Waals surface area contributed by atoms with Gasteiger partial charge in [0, 0.05) is 30.4 Å². The molecule has 100 valence electrons. The monoisotopic (exact) mass is 296 g/mol. The van der Waals surface area contributed by atoms with Gasteiger partial charge < -0.3 is 10.0 Å². The fourth-order valence-corrected chi connectivity index (χ4v) is 2.12. The number of halogens is 2. The van der Waals surface area contributed by atoms with Crippen LogP contribution in [0.2, 0.25) is 10.0 Å². The first-order chi connectivity index (χ1) is 9.11. The van der Waals surface area contributed by atoms with E-state index in [4.69, 9.17) is 23.2 Å². The molecule has 0 bridgehead atoms. The summed E-state index contributed by atoms with van der Waals surface area (Å²) in [6, 6.07) is 9.46. The van der Waals surface area contributed by atoms with Crippen molar-refractivity contribution in [2.24, 2.45) is 0 Å². The molecular formula is C14H14Cl2N2O. The van der Waals surface area contributed by atoms with Gasteiger partial charge in [0.15, 0.2) is 0 Å². The van der Waals surface area contributed by atoms with Crippen molar-refractivity contribution in [1.82, 2.24) is 4.98 Å². The molecular weight excluding hydrogens is 283 g/mol. The third-order valence-corrected chi connectivity index (χ3v) is 3.56. The van der Waals surface area contributed by atoms with E-state index in [-0.39, 0.29) is 6.61 Å². The molecule has 0 radical (unpaired) electrons. The molecule has 2 rings (SSSR count). The highest BCUT2D eigenvalue weighted by atomic mass is 35.5. The zero-order chi connectivity index (χ0) is 13.8. The highest BCUT2D eigenvalue weighted by molar-refractivity contribution is 6.31. The third-order valence-electron chi connectivity index (χ3n) is 2.85. The predicted octanol–water partition coefficient (Wildman–Crippen LogP) is 3.52. The topological polar surface area (TPSA) is 36.4 Å². The number of aromatic nitrogens is 1. The number of anilines is 1. The van der Waals surface area contributed by atoms with Gasteiger partial charge in [-0.2, -0.15) is 0 Å². The SMILES string of the molecule is CN(Cc1ccccc1Cl)c1cc(CO)c(Cl)cn1. The van der Waals surface area contributed by atoms with Crippen LogP contribution in [-0.2, 0) is 13.2 Å². The Kier molecular flexibility index (Phi) is 4.64. The lowest BCUT2D eigenvalue weighted by Gasteiger charge is -2.19. The van der Waals surface area contributed by atoms with Crippen LogP contribution in [0.15, 0.2) is 36.5 Å². The van der Waals surface area contributed by atoms with E-state index in [0.29, 0.717) is 17.1 Å². The first-order valence-corrected chi connectivity index (χ1v) is 6.57. The normalized spacial score (nSPS) is 10.5. The Labute approximate surface area is 122 Å². The van der Waals surface area contributed by atoms with E-state index in [2.05, 4.69) is 4.98 Å². The van der Waals surface area contributed by atoms with E-state index in [1.807, 2.05) is 36.2 Å². The molecule has 5 heteroatoms. The zero-order valence-corrected chi connectivity index (χ0v) is 12.0. The van der Waals surface area contributed by atoms with Crippen molar-refractivity contribution >= 4 is 29.0 Å². The van der Waals surface area contributed by atoms with E-state index in [1.165, 1.54) is 0 Å². The van der Waals surface area contributed by atoms with Crippen molar-refractivity contribution in [3.05, 3.63) is 57.7 Å². The van der Waals surface area contributed by atoms with Gasteiger partial charge in [0.1, 0.15) is 5.82 Å². The van der Waals surface area contributed by atoms with Crippen LogP contribution in [0.1, 0.15) is 11.1 Å². The Morgan fingerprint density at radius 3 is 2.58 bits per heavy atom. The summed E-state index contributed by atoms with van der Waals surface area (Å²) in [5, 5.41) is 10.4. The zero-order valence-electron chi connectivity index (χ0n) is 10.5. The van der Waals surface area contributed by atoms with Crippen molar-refractivity contribution in [1.29, 1.82) is 0 Å². The van der Waals surface area contributed by atoms with Crippen molar-refractivity contribution in [3.63, 3.8) is 0 Å². The number of aliphatic hydroxyl groups is 1. The maximum atomic E-state index is 9.21. The van der Waals surface area contributed by atoms with Crippen LogP contribution >= 0.6 is 23.2 Å². The van der Waals surface area contributed by atoms with Crippen LogP contribution in [0.25, 0.3) is 0 Å². The average molecular weight is 297 g/mol. The molecule has 1 N–H and O–H groups in total. The molecule has 0 saturated carbocycles. The van der Waals surface area contributed by atoms with Crippen LogP contribution < -0.4 is 4.90 Å². The van der Waals surface area contributed by atoms with Gasteiger partial charge >= 0.3 is 0 Å². The largest absolute Gasteiger partial charge is 0.392 e. The summed E-state index contributed by atoms with van der Waals surface area (Å²) in [6.45, 7) is 0.535. The summed E-state index contributed by atoms with van der Waals surface area (Å²) in [5.74, 6) is 0.744. The molecule has 0 aliphatic carbocycles. The molecule has 0 saturated heterocycles. The molecule has 0 spiro atoms. The number of rotatable bonds is 4. The minimum Gasteiger partial charge on any atom is -0.392 e. The molecule has 0 amide bonds. The van der Waals surface area contributed by atoms with Crippen molar-refractivity contribution in [3.8, 4) is 0 Å². The van der Waals surface area contributed by atoms with Crippen molar-refractivity contribution < 1.29 is 5.11 Å². The third kappa shape index (κ3) is 3.38. The Morgan fingerprint density at radius 1 is 1.16 bits per heavy atom. The van der Waals surface area contributed by atoms with Crippen molar-refractivity contribution in [2.75, 3.05) is 11.9 Å². The number of hydrogen-bond donors (Lipinski definition) is 1. The molecule has 0 aliphatic rings. The summed E-state index contributed by atoms with van der Waals surface area (Å²) < 4.78 is 0. The lowest BCUT2D eigenvalue weighted by molar-refractivity contribution is 0.282. The number of nitrogens with zero attached hydrogens (tertiary/aromatic N) is 2. The Hall–Kier alpha value is -1.29. The second-order valence-electron chi connectivity index (χ2n) is 4.24. The fraction of sp³-hybridized carbons (Fsp3) is 0.214. The number of aliphatic hydroxyl groups excluding tert-OH is 1. The quantitative estimate of drug-likeness (QED) is 0.938. The van der Waals surface area contributed by atoms with Gasteiger partial charge in [-0.15, -0.1) is 0 Å². The van der Waals surface area contributed by atoms with Gasteiger partial charge in [-0.1, -0.05) is 41.4 Å². The summed E-state index contributed by atoms with van der Waals surface area (Å²) in [7, 11) is 1.92. The highest BCUT2D eigenvalue weighted by Gasteiger charge is 2.08. The van der Waals surface area contributed by atoms with E-state index in [9.17, 15) is 5.11 Å². The fourth-order valence-electron chi connectivity index (χ4n) is 1.76. The maximum Gasteiger partial charge on any atom is 0.128 e. The second kappa shape index (κ2) is 6.24. The molecule has 3 nitrogen and oxygen atoms in total. The van der Waals surface area contributed by atoms with Crippen LogP contribution in [-0.4, -0.2) is 17.1 Å². The van der Waals surface area contributed by atoms with Gasteiger partial charge in [0.2, 0.25) is 0 Å². The molecule has 1 heterocycles. The van der Waals surface area contributed by atoms with E-state index in [1.54, 1.807) is 12.3 Å². The minimum absolute atomic E-state index is 0.103. The number of hydrogen-bond acceptors (Lipinski definition) is 3. The van der Waals surface area contributed by atoms with Crippen molar-refractivity contribution in [2.45, 2.75) is 13.2 Å². The van der Waals surface area contributed by atoms with Crippen LogP contribution in [0.5, 0.6) is 0 Å². The van der Waals surface area contributed by atoms with Crippen LogP contribution in [0, 0.1) is 0 Å². The first-order valence-electron chi connectivity index (χ1n) is 5.81. The summed E-state index contributed by atoms with van der Waals surface area (Å²) in [5.41, 5.74) is 1.69. The summed E-state index contributed by atoms with van der Waals surface area (Å²) >= 11 is 12.1. The smallest absolute Gasteiger partial charge is 0.128 e. The van der Waals surface area contributed by atoms with Gasteiger partial charge in [-0.25, -0.2) is 4.98 Å². The summed E-state index contributed by atoms with van der Waals surface area (Å²) in [4.78, 5) is 6.21. The molecule has 0 atom stereocenters. The predicted molar refractivity (Wildman–Crippen MR) is 78.7 cm³/mol. The molecule has 0 unspecified atom stereocenters. The second-order valence-corrected chi connectivity index (χ2v) is 5.05. The average Bonchev–Trinajstić information content (AvgIpc) is 2.42. The lowest BCUT2D eigenvalue weighted by Crippen LogP contribution is -2.18.